The van der Waals surface area contributed by atoms with Crippen molar-refractivity contribution in [3.8, 4) is 0 Å². The average molecular weight is 433 g/mol. The summed E-state index contributed by atoms with van der Waals surface area (Å²) in [5.41, 5.74) is 8.78. The number of anilines is 2. The second-order valence-corrected chi connectivity index (χ2v) is 8.38. The van der Waals surface area contributed by atoms with Crippen LogP contribution >= 0.6 is 0 Å². The molecule has 2 aromatic heterocycles. The van der Waals surface area contributed by atoms with Crippen LogP contribution in [0.25, 0.3) is 22.7 Å². The number of aromatic amines is 1. The number of rotatable bonds is 6. The average Bonchev–Trinajstić information content (AvgIpc) is 3.14. The van der Waals surface area contributed by atoms with E-state index in [0.717, 1.165) is 16.5 Å². The van der Waals surface area contributed by atoms with Gasteiger partial charge in [-0.3, -0.25) is 4.79 Å². The summed E-state index contributed by atoms with van der Waals surface area (Å²) in [7, 11) is -3.74. The van der Waals surface area contributed by atoms with Crippen LogP contribution in [0, 0.1) is 0 Å². The quantitative estimate of drug-likeness (QED) is 0.346. The van der Waals surface area contributed by atoms with Gasteiger partial charge < -0.3 is 16.0 Å². The number of nitrogens with two attached hydrogens (primary N) is 2. The number of sulfonamides is 1. The molecule has 31 heavy (non-hydrogen) atoms. The Morgan fingerprint density at radius 2 is 1.71 bits per heavy atom. The third kappa shape index (κ3) is 4.47. The van der Waals surface area contributed by atoms with Gasteiger partial charge in [0.1, 0.15) is 11.5 Å². The van der Waals surface area contributed by atoms with Crippen LogP contribution in [-0.2, 0) is 14.8 Å². The maximum Gasteiger partial charge on any atom is 0.249 e. The summed E-state index contributed by atoms with van der Waals surface area (Å²) in [5, 5.41) is 9.05. The fourth-order valence-corrected chi connectivity index (χ4v) is 3.68. The van der Waals surface area contributed by atoms with Crippen LogP contribution in [0.4, 0.5) is 11.5 Å². The van der Waals surface area contributed by atoms with E-state index < -0.39 is 15.9 Å². The monoisotopic (exact) mass is 433 g/mol. The normalized spacial score (nSPS) is 12.1. The summed E-state index contributed by atoms with van der Waals surface area (Å²) < 4.78 is 22.7. The number of primary amides is 1. The summed E-state index contributed by atoms with van der Waals surface area (Å²) in [5.74, 6) is 0.0427. The highest BCUT2D eigenvalue weighted by atomic mass is 32.2. The molecule has 0 fully saturated rings. The van der Waals surface area contributed by atoms with Gasteiger partial charge in [-0.25, -0.2) is 18.5 Å². The Labute approximate surface area is 178 Å². The van der Waals surface area contributed by atoms with E-state index in [4.69, 9.17) is 10.9 Å². The largest absolute Gasteiger partial charge is 0.366 e. The molecule has 156 valence electrons. The summed E-state index contributed by atoms with van der Waals surface area (Å²) in [6.45, 7) is 0. The molecule has 0 bridgehead atoms. The Kier molecular flexibility index (Phi) is 5.28. The predicted octanol–water partition coefficient (Wildman–Crippen LogP) is 2.98. The minimum Gasteiger partial charge on any atom is -0.366 e. The van der Waals surface area contributed by atoms with E-state index in [1.807, 2.05) is 36.4 Å². The molecule has 2 aromatic carbocycles. The molecule has 0 saturated carbocycles. The summed E-state index contributed by atoms with van der Waals surface area (Å²) in [4.78, 5) is 19.6. The topological polar surface area (TPSA) is 144 Å². The van der Waals surface area contributed by atoms with E-state index in [1.54, 1.807) is 30.5 Å². The summed E-state index contributed by atoms with van der Waals surface area (Å²) >= 11 is 0. The molecule has 1 amide bonds. The zero-order valence-corrected chi connectivity index (χ0v) is 17.1. The van der Waals surface area contributed by atoms with E-state index in [-0.39, 0.29) is 4.90 Å². The van der Waals surface area contributed by atoms with Crippen molar-refractivity contribution in [3.63, 3.8) is 0 Å². The third-order valence-corrected chi connectivity index (χ3v) is 5.61. The number of carbonyl (C=O) groups is 1. The number of nitrogens with zero attached hydrogens (tertiary/aromatic N) is 1. The van der Waals surface area contributed by atoms with Crippen molar-refractivity contribution >= 4 is 50.1 Å². The smallest absolute Gasteiger partial charge is 0.249 e. The van der Waals surface area contributed by atoms with Gasteiger partial charge >= 0.3 is 0 Å². The molecule has 0 atom stereocenters. The zero-order chi connectivity index (χ0) is 22.0. The first-order valence-electron chi connectivity index (χ1n) is 9.26. The van der Waals surface area contributed by atoms with Crippen molar-refractivity contribution in [1.82, 2.24) is 9.97 Å². The van der Waals surface area contributed by atoms with Crippen molar-refractivity contribution in [2.75, 3.05) is 5.32 Å². The zero-order valence-electron chi connectivity index (χ0n) is 16.2. The molecule has 0 unspecified atom stereocenters. The van der Waals surface area contributed by atoms with Crippen LogP contribution in [-0.4, -0.2) is 24.3 Å². The molecule has 4 rings (SSSR count). The van der Waals surface area contributed by atoms with Gasteiger partial charge in [-0.1, -0.05) is 30.3 Å². The highest BCUT2D eigenvalue weighted by Gasteiger charge is 2.11. The number of benzene rings is 2. The van der Waals surface area contributed by atoms with Crippen molar-refractivity contribution in [2.45, 2.75) is 4.90 Å². The van der Waals surface area contributed by atoms with Gasteiger partial charge in [0.15, 0.2) is 0 Å². The van der Waals surface area contributed by atoms with Gasteiger partial charge in [0, 0.05) is 28.4 Å². The fourth-order valence-electron chi connectivity index (χ4n) is 3.16. The molecule has 0 aliphatic carbocycles. The second kappa shape index (κ2) is 8.05. The summed E-state index contributed by atoms with van der Waals surface area (Å²) in [6, 6.07) is 18.9. The first-order valence-corrected chi connectivity index (χ1v) is 10.8. The lowest BCUT2D eigenvalue weighted by Crippen LogP contribution is -2.12. The standard InChI is InChI=1S/C22H19N5O3S/c23-21(28)19(14-4-2-1-3-5-14)12-15-13-25-22-18(15)10-11-20(27-22)26-16-6-8-17(9-7-16)31(24,29)30/h1-13H,(H2,23,28)(H2,24,29,30)(H2,25,26,27)/b19-12+. The number of hydrogen-bond donors (Lipinski definition) is 4. The number of hydrogen-bond acceptors (Lipinski definition) is 5. The maximum atomic E-state index is 12.0. The third-order valence-electron chi connectivity index (χ3n) is 4.68. The van der Waals surface area contributed by atoms with Crippen LogP contribution in [0.5, 0.6) is 0 Å². The number of nitrogens with one attached hydrogen (secondary N) is 2. The Hall–Kier alpha value is -3.95. The van der Waals surface area contributed by atoms with Crippen LogP contribution < -0.4 is 16.2 Å². The minimum absolute atomic E-state index is 0.0333. The van der Waals surface area contributed by atoms with E-state index in [9.17, 15) is 13.2 Å². The Morgan fingerprint density at radius 3 is 2.35 bits per heavy atom. The Morgan fingerprint density at radius 1 is 1.00 bits per heavy atom. The van der Waals surface area contributed by atoms with Crippen LogP contribution in [0.2, 0.25) is 0 Å². The molecule has 0 aliphatic rings. The molecule has 2 heterocycles. The van der Waals surface area contributed by atoms with Gasteiger partial charge in [0.05, 0.1) is 4.90 Å². The molecule has 4 aromatic rings. The molecule has 0 spiro atoms. The number of fused-ring (bicyclic) bond motifs is 1. The van der Waals surface area contributed by atoms with Crippen molar-refractivity contribution < 1.29 is 13.2 Å². The number of amides is 1. The molecule has 8 nitrogen and oxygen atoms in total. The van der Waals surface area contributed by atoms with E-state index in [0.29, 0.717) is 22.7 Å². The number of pyridine rings is 1. The number of H-pyrrole nitrogens is 1. The first-order chi connectivity index (χ1) is 14.8. The molecular formula is C22H19N5O3S. The van der Waals surface area contributed by atoms with Crippen LogP contribution in [0.1, 0.15) is 11.1 Å². The highest BCUT2D eigenvalue weighted by molar-refractivity contribution is 7.89. The van der Waals surface area contributed by atoms with Crippen molar-refractivity contribution in [2.24, 2.45) is 10.9 Å². The molecule has 9 heteroatoms. The van der Waals surface area contributed by atoms with Crippen LogP contribution in [0.15, 0.2) is 77.8 Å². The lowest BCUT2D eigenvalue weighted by Gasteiger charge is -2.07. The second-order valence-electron chi connectivity index (χ2n) is 6.82. The molecular weight excluding hydrogens is 414 g/mol. The molecule has 0 saturated heterocycles. The predicted molar refractivity (Wildman–Crippen MR) is 121 cm³/mol. The molecule has 0 aliphatic heterocycles. The lowest BCUT2D eigenvalue weighted by atomic mass is 10.0. The Bertz CT molecular complexity index is 1390. The van der Waals surface area contributed by atoms with Crippen molar-refractivity contribution in [3.05, 3.63) is 84.1 Å². The van der Waals surface area contributed by atoms with Gasteiger partial charge in [0.25, 0.3) is 0 Å². The summed E-state index contributed by atoms with van der Waals surface area (Å²) in [6.07, 6.45) is 3.49. The SMILES string of the molecule is NC(=O)/C(=C/c1c[nH]c2nc(Nc3ccc(S(N)(=O)=O)cc3)ccc12)c1ccccc1. The molecule has 0 radical (unpaired) electrons. The van der Waals surface area contributed by atoms with E-state index >= 15 is 0 Å². The Balaban J connectivity index is 1.63. The first kappa shape index (κ1) is 20.3. The van der Waals surface area contributed by atoms with Gasteiger partial charge in [-0.05, 0) is 48.0 Å². The van der Waals surface area contributed by atoms with Crippen LogP contribution in [0.3, 0.4) is 0 Å². The van der Waals surface area contributed by atoms with E-state index in [1.165, 1.54) is 12.1 Å². The maximum absolute atomic E-state index is 12.0. The fraction of sp³-hybridized carbons (Fsp3) is 0. The highest BCUT2D eigenvalue weighted by Crippen LogP contribution is 2.25. The number of primary sulfonamides is 1. The number of aromatic nitrogens is 2. The van der Waals surface area contributed by atoms with Gasteiger partial charge in [-0.2, -0.15) is 0 Å². The van der Waals surface area contributed by atoms with Gasteiger partial charge in [0.2, 0.25) is 15.9 Å². The number of carbonyl (C=O) groups excluding carboxylic acids is 1. The van der Waals surface area contributed by atoms with Crippen molar-refractivity contribution in [1.29, 1.82) is 0 Å². The minimum atomic E-state index is -3.74. The molecule has 6 N–H and O–H groups in total. The van der Waals surface area contributed by atoms with E-state index in [2.05, 4.69) is 15.3 Å². The van der Waals surface area contributed by atoms with Gasteiger partial charge in [-0.15, -0.1) is 0 Å². The lowest BCUT2D eigenvalue weighted by molar-refractivity contribution is -0.112.